The number of rotatable bonds is 5. The highest BCUT2D eigenvalue weighted by molar-refractivity contribution is 8.00. The smallest absolute Gasteiger partial charge is 0.338 e. The molecular formula is C18H17NO4S. The van der Waals surface area contributed by atoms with Crippen molar-refractivity contribution in [1.29, 1.82) is 0 Å². The Morgan fingerprint density at radius 2 is 1.96 bits per heavy atom. The topological polar surface area (TPSA) is 64.6 Å². The molecule has 1 heterocycles. The molecule has 1 amide bonds. The monoisotopic (exact) mass is 343 g/mol. The maximum atomic E-state index is 12.1. The van der Waals surface area contributed by atoms with Crippen molar-refractivity contribution < 1.29 is 19.1 Å². The van der Waals surface area contributed by atoms with Crippen molar-refractivity contribution in [2.24, 2.45) is 0 Å². The standard InChI is InChI=1S/C18H17NO4S/c1-12-17(20)19-15-11-13(7-8-16(15)24-12)18(21)23-10-9-22-14-5-3-2-4-6-14/h2-8,11-12H,9-10H2,1H3,(H,19,20)/t12-/m0/s1. The molecule has 0 aliphatic carbocycles. The first-order chi connectivity index (χ1) is 11.6. The van der Waals surface area contributed by atoms with Gasteiger partial charge in [-0.2, -0.15) is 0 Å². The zero-order valence-corrected chi connectivity index (χ0v) is 14.0. The number of hydrogen-bond donors (Lipinski definition) is 1. The van der Waals surface area contributed by atoms with Gasteiger partial charge in [-0.25, -0.2) is 4.79 Å². The van der Waals surface area contributed by atoms with Gasteiger partial charge in [-0.3, -0.25) is 4.79 Å². The van der Waals surface area contributed by atoms with Crippen LogP contribution in [0, 0.1) is 0 Å². The van der Waals surface area contributed by atoms with E-state index in [-0.39, 0.29) is 24.4 Å². The lowest BCUT2D eigenvalue weighted by molar-refractivity contribution is -0.115. The minimum Gasteiger partial charge on any atom is -0.490 e. The zero-order chi connectivity index (χ0) is 16.9. The van der Waals surface area contributed by atoms with Gasteiger partial charge < -0.3 is 14.8 Å². The van der Waals surface area contributed by atoms with Gasteiger partial charge in [0.05, 0.1) is 16.5 Å². The van der Waals surface area contributed by atoms with Crippen molar-refractivity contribution in [2.45, 2.75) is 17.1 Å². The van der Waals surface area contributed by atoms with E-state index in [0.29, 0.717) is 11.3 Å². The third-order valence-corrected chi connectivity index (χ3v) is 4.65. The van der Waals surface area contributed by atoms with Crippen LogP contribution >= 0.6 is 11.8 Å². The van der Waals surface area contributed by atoms with Gasteiger partial charge >= 0.3 is 5.97 Å². The van der Waals surface area contributed by atoms with E-state index in [1.165, 1.54) is 11.8 Å². The van der Waals surface area contributed by atoms with Gasteiger partial charge in [0.1, 0.15) is 19.0 Å². The van der Waals surface area contributed by atoms with Gasteiger partial charge in [0.2, 0.25) is 5.91 Å². The third kappa shape index (κ3) is 3.89. The van der Waals surface area contributed by atoms with Gasteiger partial charge in [0, 0.05) is 4.90 Å². The third-order valence-electron chi connectivity index (χ3n) is 3.47. The Kier molecular flexibility index (Phi) is 5.05. The highest BCUT2D eigenvalue weighted by Crippen LogP contribution is 2.35. The molecule has 0 saturated carbocycles. The van der Waals surface area contributed by atoms with Crippen LogP contribution in [-0.4, -0.2) is 30.3 Å². The van der Waals surface area contributed by atoms with Crippen LogP contribution in [0.15, 0.2) is 53.4 Å². The van der Waals surface area contributed by atoms with Gasteiger partial charge in [0.15, 0.2) is 0 Å². The van der Waals surface area contributed by atoms with Crippen LogP contribution in [0.2, 0.25) is 0 Å². The molecule has 24 heavy (non-hydrogen) atoms. The van der Waals surface area contributed by atoms with Crippen molar-refractivity contribution in [1.82, 2.24) is 0 Å². The van der Waals surface area contributed by atoms with Crippen molar-refractivity contribution in [3.8, 4) is 5.75 Å². The number of carbonyl (C=O) groups excluding carboxylic acids is 2. The second kappa shape index (κ2) is 7.40. The zero-order valence-electron chi connectivity index (χ0n) is 13.2. The van der Waals surface area contributed by atoms with Crippen LogP contribution in [-0.2, 0) is 9.53 Å². The number of para-hydroxylation sites is 1. The fraction of sp³-hybridized carbons (Fsp3) is 0.222. The molecule has 1 atom stereocenters. The highest BCUT2D eigenvalue weighted by atomic mass is 32.2. The van der Waals surface area contributed by atoms with Crippen LogP contribution in [0.1, 0.15) is 17.3 Å². The molecule has 0 fully saturated rings. The van der Waals surface area contributed by atoms with E-state index >= 15 is 0 Å². The van der Waals surface area contributed by atoms with Gasteiger partial charge in [-0.05, 0) is 37.3 Å². The second-order valence-electron chi connectivity index (χ2n) is 5.26. The van der Waals surface area contributed by atoms with Crippen molar-refractivity contribution in [3.63, 3.8) is 0 Å². The van der Waals surface area contributed by atoms with E-state index in [9.17, 15) is 9.59 Å². The average Bonchev–Trinajstić information content (AvgIpc) is 2.60. The molecule has 1 aliphatic heterocycles. The summed E-state index contributed by atoms with van der Waals surface area (Å²) in [7, 11) is 0. The minimum atomic E-state index is -0.438. The van der Waals surface area contributed by atoms with E-state index in [0.717, 1.165) is 10.6 Å². The first kappa shape index (κ1) is 16.4. The van der Waals surface area contributed by atoms with E-state index in [1.54, 1.807) is 12.1 Å². The Bertz CT molecular complexity index is 748. The first-order valence-corrected chi connectivity index (χ1v) is 8.48. The summed E-state index contributed by atoms with van der Waals surface area (Å²) in [5, 5.41) is 2.67. The number of ether oxygens (including phenoxy) is 2. The number of thioether (sulfide) groups is 1. The van der Waals surface area contributed by atoms with Crippen LogP contribution in [0.4, 0.5) is 5.69 Å². The summed E-state index contributed by atoms with van der Waals surface area (Å²) in [6.45, 7) is 2.28. The summed E-state index contributed by atoms with van der Waals surface area (Å²) < 4.78 is 10.7. The van der Waals surface area contributed by atoms with Crippen LogP contribution in [0.5, 0.6) is 5.75 Å². The molecule has 2 aromatic carbocycles. The van der Waals surface area contributed by atoms with Gasteiger partial charge in [-0.15, -0.1) is 11.8 Å². The molecule has 0 unspecified atom stereocenters. The molecule has 1 aliphatic rings. The second-order valence-corrected chi connectivity index (χ2v) is 6.64. The van der Waals surface area contributed by atoms with E-state index in [1.807, 2.05) is 43.3 Å². The Labute approximate surface area is 144 Å². The fourth-order valence-corrected chi connectivity index (χ4v) is 3.16. The number of benzene rings is 2. The number of hydrogen-bond acceptors (Lipinski definition) is 5. The average molecular weight is 343 g/mol. The highest BCUT2D eigenvalue weighted by Gasteiger charge is 2.23. The summed E-state index contributed by atoms with van der Waals surface area (Å²) in [5.74, 6) is 0.234. The van der Waals surface area contributed by atoms with Gasteiger partial charge in [-0.1, -0.05) is 18.2 Å². The SMILES string of the molecule is C[C@@H]1Sc2ccc(C(=O)OCCOc3ccccc3)cc2NC1=O. The number of amides is 1. The van der Waals surface area contributed by atoms with Crippen molar-refractivity contribution >= 4 is 29.3 Å². The van der Waals surface area contributed by atoms with Crippen LogP contribution in [0.3, 0.4) is 0 Å². The van der Waals surface area contributed by atoms with Gasteiger partial charge in [0.25, 0.3) is 0 Å². The van der Waals surface area contributed by atoms with E-state index < -0.39 is 5.97 Å². The Morgan fingerprint density at radius 1 is 1.17 bits per heavy atom. The molecular weight excluding hydrogens is 326 g/mol. The number of anilines is 1. The molecule has 0 aromatic heterocycles. The summed E-state index contributed by atoms with van der Waals surface area (Å²) >= 11 is 1.48. The lowest BCUT2D eigenvalue weighted by Gasteiger charge is -2.21. The molecule has 5 nitrogen and oxygen atoms in total. The molecule has 6 heteroatoms. The normalized spacial score (nSPS) is 16.0. The molecule has 2 aromatic rings. The lowest BCUT2D eigenvalue weighted by Crippen LogP contribution is -2.26. The molecule has 1 N–H and O–H groups in total. The van der Waals surface area contributed by atoms with Crippen molar-refractivity contribution in [2.75, 3.05) is 18.5 Å². The van der Waals surface area contributed by atoms with E-state index in [2.05, 4.69) is 5.32 Å². The molecule has 0 spiro atoms. The Balaban J connectivity index is 1.54. The first-order valence-electron chi connectivity index (χ1n) is 7.60. The Hall–Kier alpha value is -2.47. The number of esters is 1. The molecule has 124 valence electrons. The predicted molar refractivity (Wildman–Crippen MR) is 92.6 cm³/mol. The number of fused-ring (bicyclic) bond motifs is 1. The maximum Gasteiger partial charge on any atom is 0.338 e. The van der Waals surface area contributed by atoms with Crippen molar-refractivity contribution in [3.05, 3.63) is 54.1 Å². The fourth-order valence-electron chi connectivity index (χ4n) is 2.23. The predicted octanol–water partition coefficient (Wildman–Crippen LogP) is 3.36. The quantitative estimate of drug-likeness (QED) is 0.666. The minimum absolute atomic E-state index is 0.0609. The largest absolute Gasteiger partial charge is 0.490 e. The summed E-state index contributed by atoms with van der Waals surface area (Å²) in [6, 6.07) is 14.5. The van der Waals surface area contributed by atoms with Crippen LogP contribution in [0.25, 0.3) is 0 Å². The maximum absolute atomic E-state index is 12.1. The van der Waals surface area contributed by atoms with Crippen LogP contribution < -0.4 is 10.1 Å². The van der Waals surface area contributed by atoms with E-state index in [4.69, 9.17) is 9.47 Å². The molecule has 3 rings (SSSR count). The number of carbonyl (C=O) groups is 2. The number of nitrogens with one attached hydrogen (secondary N) is 1. The Morgan fingerprint density at radius 3 is 2.75 bits per heavy atom. The summed E-state index contributed by atoms with van der Waals surface area (Å²) in [6.07, 6.45) is 0. The lowest BCUT2D eigenvalue weighted by atomic mass is 10.2. The summed E-state index contributed by atoms with van der Waals surface area (Å²) in [4.78, 5) is 24.8. The summed E-state index contributed by atoms with van der Waals surface area (Å²) in [5.41, 5.74) is 1.06. The molecule has 0 saturated heterocycles. The molecule has 0 bridgehead atoms. The molecule has 0 radical (unpaired) electrons.